The van der Waals surface area contributed by atoms with Gasteiger partial charge in [-0.1, -0.05) is 58.0 Å². The van der Waals surface area contributed by atoms with E-state index in [-0.39, 0.29) is 12.5 Å². The third-order valence-electron chi connectivity index (χ3n) is 5.09. The molecule has 0 aliphatic carbocycles. The van der Waals surface area contributed by atoms with Crippen LogP contribution in [-0.2, 0) is 6.54 Å². The first-order chi connectivity index (χ1) is 13.0. The van der Waals surface area contributed by atoms with Crippen LogP contribution in [-0.4, -0.2) is 27.4 Å². The van der Waals surface area contributed by atoms with Crippen molar-refractivity contribution in [1.82, 2.24) is 9.55 Å². The molecule has 1 heterocycles. The van der Waals surface area contributed by atoms with E-state index in [4.69, 9.17) is 9.72 Å². The SMILES string of the molecule is CCC(C)c1ccccc1OCC(O)Cn1c(C(C)C)nc2ccccc21. The second-order valence-electron chi connectivity index (χ2n) is 7.54. The molecule has 1 N–H and O–H groups in total. The fourth-order valence-corrected chi connectivity index (χ4v) is 3.42. The van der Waals surface area contributed by atoms with Crippen LogP contribution < -0.4 is 4.74 Å². The van der Waals surface area contributed by atoms with Gasteiger partial charge >= 0.3 is 0 Å². The standard InChI is InChI=1S/C23H30N2O2/c1-5-17(4)19-10-6-9-13-22(19)27-15-18(26)14-25-21-12-8-7-11-20(21)24-23(25)16(2)3/h6-13,16-18,26H,5,14-15H2,1-4H3. The molecule has 0 aliphatic rings. The first-order valence-electron chi connectivity index (χ1n) is 9.86. The van der Waals surface area contributed by atoms with Crippen LogP contribution in [0.25, 0.3) is 11.0 Å². The Morgan fingerprint density at radius 3 is 2.48 bits per heavy atom. The molecule has 3 aromatic rings. The summed E-state index contributed by atoms with van der Waals surface area (Å²) in [5, 5.41) is 10.7. The third-order valence-corrected chi connectivity index (χ3v) is 5.09. The average Bonchev–Trinajstić information content (AvgIpc) is 3.05. The Morgan fingerprint density at radius 2 is 1.74 bits per heavy atom. The fourth-order valence-electron chi connectivity index (χ4n) is 3.42. The Bertz CT molecular complexity index is 885. The number of fused-ring (bicyclic) bond motifs is 1. The highest BCUT2D eigenvalue weighted by atomic mass is 16.5. The maximum absolute atomic E-state index is 10.7. The molecule has 2 aromatic carbocycles. The van der Waals surface area contributed by atoms with Crippen molar-refractivity contribution in [3.05, 3.63) is 59.9 Å². The van der Waals surface area contributed by atoms with Gasteiger partial charge in [0.05, 0.1) is 17.6 Å². The van der Waals surface area contributed by atoms with Crippen molar-refractivity contribution in [2.45, 2.75) is 58.6 Å². The molecule has 27 heavy (non-hydrogen) atoms. The van der Waals surface area contributed by atoms with E-state index in [0.29, 0.717) is 12.5 Å². The number of aromatic nitrogens is 2. The van der Waals surface area contributed by atoms with Crippen LogP contribution in [0.5, 0.6) is 5.75 Å². The topological polar surface area (TPSA) is 47.3 Å². The van der Waals surface area contributed by atoms with Gasteiger partial charge in [-0.3, -0.25) is 0 Å². The molecule has 4 heteroatoms. The van der Waals surface area contributed by atoms with Crippen LogP contribution in [0, 0.1) is 0 Å². The molecule has 144 valence electrons. The van der Waals surface area contributed by atoms with Gasteiger partial charge in [-0.2, -0.15) is 0 Å². The highest BCUT2D eigenvalue weighted by Gasteiger charge is 2.17. The van der Waals surface area contributed by atoms with Crippen LogP contribution in [0.2, 0.25) is 0 Å². The minimum Gasteiger partial charge on any atom is -0.491 e. The number of rotatable bonds is 8. The van der Waals surface area contributed by atoms with Gasteiger partial charge in [-0.25, -0.2) is 4.98 Å². The van der Waals surface area contributed by atoms with E-state index in [1.807, 2.05) is 36.4 Å². The number of benzene rings is 2. The second-order valence-corrected chi connectivity index (χ2v) is 7.54. The van der Waals surface area contributed by atoms with E-state index < -0.39 is 6.10 Å². The molecule has 2 atom stereocenters. The van der Waals surface area contributed by atoms with Crippen LogP contribution >= 0.6 is 0 Å². The summed E-state index contributed by atoms with van der Waals surface area (Å²) >= 11 is 0. The van der Waals surface area contributed by atoms with Gasteiger partial charge in [0.15, 0.2) is 0 Å². The average molecular weight is 367 g/mol. The van der Waals surface area contributed by atoms with Gasteiger partial charge < -0.3 is 14.4 Å². The smallest absolute Gasteiger partial charge is 0.122 e. The molecule has 0 bridgehead atoms. The molecule has 1 aromatic heterocycles. The number of ether oxygens (including phenoxy) is 1. The van der Waals surface area contributed by atoms with Crippen molar-refractivity contribution in [1.29, 1.82) is 0 Å². The Kier molecular flexibility index (Phi) is 6.17. The van der Waals surface area contributed by atoms with Gasteiger partial charge in [0.2, 0.25) is 0 Å². The normalized spacial score (nSPS) is 13.9. The maximum Gasteiger partial charge on any atom is 0.122 e. The lowest BCUT2D eigenvalue weighted by Crippen LogP contribution is -2.25. The summed E-state index contributed by atoms with van der Waals surface area (Å²) in [4.78, 5) is 4.74. The highest BCUT2D eigenvalue weighted by Crippen LogP contribution is 2.28. The summed E-state index contributed by atoms with van der Waals surface area (Å²) in [6.45, 7) is 9.36. The molecule has 0 amide bonds. The molecule has 0 saturated heterocycles. The lowest BCUT2D eigenvalue weighted by atomic mass is 9.98. The molecule has 0 spiro atoms. The Balaban J connectivity index is 1.75. The molecule has 4 nitrogen and oxygen atoms in total. The molecule has 3 rings (SSSR count). The Labute approximate surface area is 161 Å². The van der Waals surface area contributed by atoms with Crippen LogP contribution in [0.3, 0.4) is 0 Å². The molecular weight excluding hydrogens is 336 g/mol. The van der Waals surface area contributed by atoms with E-state index in [1.165, 1.54) is 5.56 Å². The summed E-state index contributed by atoms with van der Waals surface area (Å²) in [5.74, 6) is 2.58. The Hall–Kier alpha value is -2.33. The number of hydrogen-bond acceptors (Lipinski definition) is 3. The first kappa shape index (κ1) is 19.4. The number of aliphatic hydroxyl groups excluding tert-OH is 1. The van der Waals surface area contributed by atoms with Crippen LogP contribution in [0.4, 0.5) is 0 Å². The fraction of sp³-hybridized carbons (Fsp3) is 0.435. The Morgan fingerprint density at radius 1 is 1.04 bits per heavy atom. The quantitative estimate of drug-likeness (QED) is 0.602. The lowest BCUT2D eigenvalue weighted by Gasteiger charge is -2.19. The van der Waals surface area contributed by atoms with Crippen LogP contribution in [0.1, 0.15) is 57.3 Å². The monoisotopic (exact) mass is 366 g/mol. The number of imidazole rings is 1. The summed E-state index contributed by atoms with van der Waals surface area (Å²) in [6.07, 6.45) is 0.451. The van der Waals surface area contributed by atoms with E-state index in [9.17, 15) is 5.11 Å². The van der Waals surface area contributed by atoms with Crippen molar-refractivity contribution in [2.24, 2.45) is 0 Å². The largest absolute Gasteiger partial charge is 0.491 e. The molecule has 2 unspecified atom stereocenters. The van der Waals surface area contributed by atoms with E-state index in [0.717, 1.165) is 29.0 Å². The van der Waals surface area contributed by atoms with Gasteiger partial charge in [0, 0.05) is 5.92 Å². The molecule has 0 saturated carbocycles. The zero-order valence-corrected chi connectivity index (χ0v) is 16.7. The van der Waals surface area contributed by atoms with E-state index in [1.54, 1.807) is 0 Å². The van der Waals surface area contributed by atoms with Crippen LogP contribution in [0.15, 0.2) is 48.5 Å². The number of aliphatic hydroxyl groups is 1. The number of para-hydroxylation sites is 3. The second kappa shape index (κ2) is 8.57. The molecule has 0 aliphatic heterocycles. The van der Waals surface area contributed by atoms with Crippen molar-refractivity contribution in [2.75, 3.05) is 6.61 Å². The first-order valence-corrected chi connectivity index (χ1v) is 9.86. The zero-order valence-electron chi connectivity index (χ0n) is 16.7. The molecule has 0 radical (unpaired) electrons. The van der Waals surface area contributed by atoms with Gasteiger partial charge in [0.25, 0.3) is 0 Å². The van der Waals surface area contributed by atoms with Crippen molar-refractivity contribution < 1.29 is 9.84 Å². The predicted molar refractivity (Wildman–Crippen MR) is 110 cm³/mol. The molecule has 0 fully saturated rings. The van der Waals surface area contributed by atoms with E-state index in [2.05, 4.69) is 44.4 Å². The summed E-state index contributed by atoms with van der Waals surface area (Å²) in [5.41, 5.74) is 3.22. The van der Waals surface area contributed by atoms with Crippen molar-refractivity contribution in [3.63, 3.8) is 0 Å². The molecular formula is C23H30N2O2. The van der Waals surface area contributed by atoms with Gasteiger partial charge in [-0.15, -0.1) is 0 Å². The van der Waals surface area contributed by atoms with Crippen molar-refractivity contribution >= 4 is 11.0 Å². The predicted octanol–water partition coefficient (Wildman–Crippen LogP) is 5.11. The van der Waals surface area contributed by atoms with E-state index >= 15 is 0 Å². The summed E-state index contributed by atoms with van der Waals surface area (Å²) < 4.78 is 8.12. The highest BCUT2D eigenvalue weighted by molar-refractivity contribution is 5.76. The minimum absolute atomic E-state index is 0.261. The van der Waals surface area contributed by atoms with Crippen molar-refractivity contribution in [3.8, 4) is 5.75 Å². The van der Waals surface area contributed by atoms with Gasteiger partial charge in [0.1, 0.15) is 24.3 Å². The minimum atomic E-state index is -0.606. The summed E-state index contributed by atoms with van der Waals surface area (Å²) in [6, 6.07) is 16.2. The number of nitrogens with zero attached hydrogens (tertiary/aromatic N) is 2. The summed E-state index contributed by atoms with van der Waals surface area (Å²) in [7, 11) is 0. The number of hydrogen-bond donors (Lipinski definition) is 1. The third kappa shape index (κ3) is 4.33. The zero-order chi connectivity index (χ0) is 19.4. The maximum atomic E-state index is 10.7. The lowest BCUT2D eigenvalue weighted by molar-refractivity contribution is 0.0919. The van der Waals surface area contributed by atoms with Gasteiger partial charge in [-0.05, 0) is 36.1 Å².